The van der Waals surface area contributed by atoms with Crippen LogP contribution in [0.2, 0.25) is 0 Å². The molecule has 0 bridgehead atoms. The van der Waals surface area contributed by atoms with Crippen LogP contribution in [-0.4, -0.2) is 14.1 Å². The van der Waals surface area contributed by atoms with Crippen molar-refractivity contribution in [3.8, 4) is 101 Å². The molecule has 0 aliphatic rings. The SMILES string of the molecule is c1ccc(-c2ccc3c(c2)c2cc(-c4ccccc4)ccc2n3-c2cccc(-c3cc(-c4ccccc4)c4ccc5c(-c6ccccc6)cc(-c6cccc(-n7c8ccc(-c9ccccc9)cc8c8cc(-c9ccccc9)ccc87)c6)nc5c4c3)c2)cc1. The van der Waals surface area contributed by atoms with E-state index in [1.54, 1.807) is 0 Å². The van der Waals surface area contributed by atoms with Crippen molar-refractivity contribution in [3.05, 3.63) is 334 Å². The van der Waals surface area contributed by atoms with Crippen molar-refractivity contribution in [3.63, 3.8) is 0 Å². The third-order valence-corrected chi connectivity index (χ3v) is 17.9. The Morgan fingerprint density at radius 3 is 0.909 bits per heavy atom. The average molecular weight is 1120 g/mol. The Morgan fingerprint density at radius 1 is 0.182 bits per heavy atom. The minimum Gasteiger partial charge on any atom is -0.309 e. The Balaban J connectivity index is 0.856. The summed E-state index contributed by atoms with van der Waals surface area (Å²) in [5.74, 6) is 0. The topological polar surface area (TPSA) is 22.8 Å². The molecule has 17 aromatic rings. The van der Waals surface area contributed by atoms with Gasteiger partial charge < -0.3 is 9.13 Å². The van der Waals surface area contributed by atoms with Crippen LogP contribution in [0.1, 0.15) is 0 Å². The van der Waals surface area contributed by atoms with E-state index < -0.39 is 0 Å². The van der Waals surface area contributed by atoms with Crippen LogP contribution in [0.5, 0.6) is 0 Å². The van der Waals surface area contributed by atoms with Crippen molar-refractivity contribution in [2.24, 2.45) is 0 Å². The predicted molar refractivity (Wildman–Crippen MR) is 371 cm³/mol. The molecule has 17 rings (SSSR count). The Bertz CT molecular complexity index is 4970. The molecule has 0 amide bonds. The largest absolute Gasteiger partial charge is 0.309 e. The van der Waals surface area contributed by atoms with Gasteiger partial charge in [-0.05, 0) is 174 Å². The Morgan fingerprint density at radius 2 is 0.500 bits per heavy atom. The molecule has 0 radical (unpaired) electrons. The van der Waals surface area contributed by atoms with Crippen LogP contribution in [0.4, 0.5) is 0 Å². The van der Waals surface area contributed by atoms with Gasteiger partial charge in [-0.2, -0.15) is 0 Å². The maximum atomic E-state index is 5.84. The number of aromatic nitrogens is 3. The highest BCUT2D eigenvalue weighted by molar-refractivity contribution is 6.17. The van der Waals surface area contributed by atoms with Gasteiger partial charge in [-0.1, -0.05) is 243 Å². The standard InChI is InChI=1S/C85H55N3/c1-7-21-56(22-8-1)63-37-43-81-75(49-63)76-50-64(57-23-9-2-10-24-57)38-44-82(76)87(81)69-35-19-33-62(47-69)68-53-73(60-29-15-5-16-30-60)71-41-42-72-74(61-31-17-6-18-32-61)55-80(86-85(72)79(71)54-68)67-34-20-36-70(48-67)88-83-45-39-65(58-25-11-3-12-26-58)51-77(83)78-52-66(40-46-84(78)88)59-27-13-4-14-28-59/h1-55H. The number of pyridine rings is 1. The van der Waals surface area contributed by atoms with Crippen molar-refractivity contribution in [2.75, 3.05) is 0 Å². The average Bonchev–Trinajstić information content (AvgIpc) is 1.76. The quantitative estimate of drug-likeness (QED) is 0.125. The number of benzene rings is 14. The molecule has 3 nitrogen and oxygen atoms in total. The summed E-state index contributed by atoms with van der Waals surface area (Å²) in [6, 6.07) is 122. The Kier molecular flexibility index (Phi) is 12.2. The molecule has 0 aliphatic heterocycles. The second-order valence-corrected chi connectivity index (χ2v) is 23.0. The summed E-state index contributed by atoms with van der Waals surface area (Å²) in [7, 11) is 0. The molecule has 0 fully saturated rings. The minimum atomic E-state index is 0.907. The normalized spacial score (nSPS) is 11.6. The summed E-state index contributed by atoms with van der Waals surface area (Å²) in [5.41, 5.74) is 26.1. The number of fused-ring (bicyclic) bond motifs is 9. The van der Waals surface area contributed by atoms with Gasteiger partial charge in [0.15, 0.2) is 0 Å². The lowest BCUT2D eigenvalue weighted by Gasteiger charge is -2.17. The summed E-state index contributed by atoms with van der Waals surface area (Å²) < 4.78 is 4.88. The third-order valence-electron chi connectivity index (χ3n) is 17.9. The second-order valence-electron chi connectivity index (χ2n) is 23.0. The number of rotatable bonds is 10. The number of hydrogen-bond acceptors (Lipinski definition) is 1. The molecule has 0 spiro atoms. The van der Waals surface area contributed by atoms with Gasteiger partial charge in [0.1, 0.15) is 0 Å². The fraction of sp³-hybridized carbons (Fsp3) is 0. The molecule has 0 aliphatic carbocycles. The van der Waals surface area contributed by atoms with E-state index in [0.717, 1.165) is 99.8 Å². The van der Waals surface area contributed by atoms with E-state index in [2.05, 4.69) is 343 Å². The van der Waals surface area contributed by atoms with Gasteiger partial charge in [0.25, 0.3) is 0 Å². The van der Waals surface area contributed by atoms with E-state index in [4.69, 9.17) is 4.98 Å². The smallest absolute Gasteiger partial charge is 0.0794 e. The summed E-state index contributed by atoms with van der Waals surface area (Å²) in [5, 5.41) is 8.20. The molecule has 14 aromatic carbocycles. The van der Waals surface area contributed by atoms with Gasteiger partial charge in [0.05, 0.1) is 33.3 Å². The molecule has 3 heterocycles. The van der Waals surface area contributed by atoms with E-state index >= 15 is 0 Å². The summed E-state index contributed by atoms with van der Waals surface area (Å²) in [6.07, 6.45) is 0. The van der Waals surface area contributed by atoms with Crippen LogP contribution in [-0.2, 0) is 0 Å². The van der Waals surface area contributed by atoms with Crippen LogP contribution in [0.25, 0.3) is 166 Å². The monoisotopic (exact) mass is 1120 g/mol. The molecule has 88 heavy (non-hydrogen) atoms. The van der Waals surface area contributed by atoms with E-state index in [0.29, 0.717) is 0 Å². The number of nitrogens with zero attached hydrogens (tertiary/aromatic N) is 3. The summed E-state index contributed by atoms with van der Waals surface area (Å²) >= 11 is 0. The first-order valence-corrected chi connectivity index (χ1v) is 30.2. The summed E-state index contributed by atoms with van der Waals surface area (Å²) in [6.45, 7) is 0. The lowest BCUT2D eigenvalue weighted by atomic mass is 9.90. The number of hydrogen-bond donors (Lipinski definition) is 0. The first-order valence-electron chi connectivity index (χ1n) is 30.2. The van der Waals surface area contributed by atoms with E-state index in [-0.39, 0.29) is 0 Å². The van der Waals surface area contributed by atoms with Crippen molar-refractivity contribution in [1.82, 2.24) is 14.1 Å². The van der Waals surface area contributed by atoms with Crippen LogP contribution in [0.3, 0.4) is 0 Å². The van der Waals surface area contributed by atoms with Gasteiger partial charge in [-0.15, -0.1) is 0 Å². The highest BCUT2D eigenvalue weighted by atomic mass is 15.0. The molecule has 3 heteroatoms. The maximum Gasteiger partial charge on any atom is 0.0794 e. The zero-order valence-corrected chi connectivity index (χ0v) is 48.1. The fourth-order valence-electron chi connectivity index (χ4n) is 13.6. The van der Waals surface area contributed by atoms with Gasteiger partial charge in [0, 0.05) is 49.3 Å². The van der Waals surface area contributed by atoms with Crippen molar-refractivity contribution < 1.29 is 0 Å². The van der Waals surface area contributed by atoms with Crippen LogP contribution in [0, 0.1) is 0 Å². The molecular weight excluding hydrogens is 1060 g/mol. The maximum absolute atomic E-state index is 5.84. The first-order chi connectivity index (χ1) is 43.6. The predicted octanol–water partition coefficient (Wildman–Crippen LogP) is 22.9. The molecule has 410 valence electrons. The first kappa shape index (κ1) is 50.8. The van der Waals surface area contributed by atoms with Crippen molar-refractivity contribution in [1.29, 1.82) is 0 Å². The van der Waals surface area contributed by atoms with Crippen molar-refractivity contribution >= 4 is 65.3 Å². The summed E-state index contributed by atoms with van der Waals surface area (Å²) in [4.78, 5) is 5.84. The zero-order valence-electron chi connectivity index (χ0n) is 48.1. The van der Waals surface area contributed by atoms with Gasteiger partial charge in [-0.3, -0.25) is 0 Å². The van der Waals surface area contributed by atoms with E-state index in [1.165, 1.54) is 66.1 Å². The van der Waals surface area contributed by atoms with Crippen LogP contribution in [0.15, 0.2) is 334 Å². The minimum absolute atomic E-state index is 0.907. The van der Waals surface area contributed by atoms with Crippen LogP contribution >= 0.6 is 0 Å². The second kappa shape index (κ2) is 21.1. The Labute approximate surface area is 510 Å². The van der Waals surface area contributed by atoms with Crippen molar-refractivity contribution in [2.45, 2.75) is 0 Å². The highest BCUT2D eigenvalue weighted by Crippen LogP contribution is 2.44. The highest BCUT2D eigenvalue weighted by Gasteiger charge is 2.21. The van der Waals surface area contributed by atoms with E-state index in [9.17, 15) is 0 Å². The molecule has 0 N–H and O–H groups in total. The Hall–Kier alpha value is -11.7. The van der Waals surface area contributed by atoms with E-state index in [1.807, 2.05) is 0 Å². The lowest BCUT2D eigenvalue weighted by Crippen LogP contribution is -1.96. The molecular formula is C85H55N3. The molecule has 0 saturated carbocycles. The molecule has 3 aromatic heterocycles. The molecule has 0 saturated heterocycles. The zero-order chi connectivity index (χ0) is 58.1. The van der Waals surface area contributed by atoms with Gasteiger partial charge >= 0.3 is 0 Å². The molecule has 0 atom stereocenters. The lowest BCUT2D eigenvalue weighted by molar-refractivity contribution is 1.18. The third kappa shape index (κ3) is 8.79. The van der Waals surface area contributed by atoms with Gasteiger partial charge in [-0.25, -0.2) is 4.98 Å². The van der Waals surface area contributed by atoms with Crippen LogP contribution < -0.4 is 0 Å². The van der Waals surface area contributed by atoms with Gasteiger partial charge in [0.2, 0.25) is 0 Å². The fourth-order valence-corrected chi connectivity index (χ4v) is 13.6. The molecule has 0 unspecified atom stereocenters.